The van der Waals surface area contributed by atoms with E-state index in [1.54, 1.807) is 12.1 Å². The average molecular weight is 310 g/mol. The van der Waals surface area contributed by atoms with Gasteiger partial charge in [0.2, 0.25) is 0 Å². The third-order valence-electron chi connectivity index (χ3n) is 4.67. The van der Waals surface area contributed by atoms with Gasteiger partial charge in [0.05, 0.1) is 0 Å². The highest BCUT2D eigenvalue weighted by molar-refractivity contribution is 5.94. The van der Waals surface area contributed by atoms with Crippen LogP contribution in [0.2, 0.25) is 0 Å². The summed E-state index contributed by atoms with van der Waals surface area (Å²) in [6.07, 6.45) is 4.49. The van der Waals surface area contributed by atoms with Crippen LogP contribution in [0.25, 0.3) is 11.3 Å². The Hall–Kier alpha value is -2.36. The maximum absolute atomic E-state index is 12.4. The van der Waals surface area contributed by atoms with Gasteiger partial charge in [-0.25, -0.2) is 0 Å². The van der Waals surface area contributed by atoms with Gasteiger partial charge < -0.3 is 10.3 Å². The minimum Gasteiger partial charge on any atom is -0.349 e. The molecule has 2 N–H and O–H groups in total. The van der Waals surface area contributed by atoms with Crippen molar-refractivity contribution in [3.05, 3.63) is 58.4 Å². The van der Waals surface area contributed by atoms with Gasteiger partial charge in [0.15, 0.2) is 0 Å². The van der Waals surface area contributed by atoms with E-state index in [1.165, 1.54) is 6.42 Å². The van der Waals surface area contributed by atoms with E-state index in [0.29, 0.717) is 5.92 Å². The number of aromatic amines is 1. The predicted molar refractivity (Wildman–Crippen MR) is 91.4 cm³/mol. The van der Waals surface area contributed by atoms with Crippen molar-refractivity contribution in [2.24, 2.45) is 5.92 Å². The van der Waals surface area contributed by atoms with Crippen molar-refractivity contribution >= 4 is 5.91 Å². The number of H-pyrrole nitrogens is 1. The molecule has 0 spiro atoms. The lowest BCUT2D eigenvalue weighted by Crippen LogP contribution is -2.42. The van der Waals surface area contributed by atoms with Crippen LogP contribution in [0, 0.1) is 5.92 Å². The Bertz CT molecular complexity index is 737. The van der Waals surface area contributed by atoms with Crippen LogP contribution in [-0.4, -0.2) is 16.9 Å². The molecule has 0 aliphatic heterocycles. The number of nitrogens with one attached hydrogen (secondary N) is 2. The van der Waals surface area contributed by atoms with E-state index < -0.39 is 0 Å². The molecule has 2 aromatic rings. The summed E-state index contributed by atoms with van der Waals surface area (Å²) in [4.78, 5) is 27.5. The summed E-state index contributed by atoms with van der Waals surface area (Å²) in [5, 5.41) is 3.03. The topological polar surface area (TPSA) is 62.0 Å². The first kappa shape index (κ1) is 15.5. The molecule has 120 valence electrons. The number of amides is 1. The molecule has 1 aliphatic rings. The smallest absolute Gasteiger partial charge is 0.261 e. The molecule has 1 aliphatic carbocycles. The molecular formula is C19H22N2O2. The Balaban J connectivity index is 1.78. The predicted octanol–water partition coefficient (Wildman–Crippen LogP) is 3.35. The number of pyridine rings is 1. The molecule has 1 fully saturated rings. The van der Waals surface area contributed by atoms with Crippen molar-refractivity contribution < 1.29 is 4.79 Å². The van der Waals surface area contributed by atoms with E-state index in [0.717, 1.165) is 30.5 Å². The molecule has 3 rings (SSSR count). The fraction of sp³-hybridized carbons (Fsp3) is 0.368. The molecular weight excluding hydrogens is 288 g/mol. The summed E-state index contributed by atoms with van der Waals surface area (Å²) >= 11 is 0. The molecule has 1 aromatic heterocycles. The Labute approximate surface area is 135 Å². The summed E-state index contributed by atoms with van der Waals surface area (Å²) in [7, 11) is 0. The molecule has 1 heterocycles. The van der Waals surface area contributed by atoms with E-state index in [2.05, 4.69) is 17.2 Å². The van der Waals surface area contributed by atoms with Crippen LogP contribution in [0.3, 0.4) is 0 Å². The van der Waals surface area contributed by atoms with Gasteiger partial charge in [-0.05, 0) is 36.5 Å². The third kappa shape index (κ3) is 3.52. The molecule has 23 heavy (non-hydrogen) atoms. The van der Waals surface area contributed by atoms with Crippen LogP contribution >= 0.6 is 0 Å². The number of benzene rings is 1. The zero-order valence-corrected chi connectivity index (χ0v) is 13.3. The highest BCUT2D eigenvalue weighted by Crippen LogP contribution is 2.24. The Morgan fingerprint density at radius 1 is 1.09 bits per heavy atom. The fourth-order valence-corrected chi connectivity index (χ4v) is 3.22. The summed E-state index contributed by atoms with van der Waals surface area (Å²) in [6.45, 7) is 2.16. The van der Waals surface area contributed by atoms with Crippen molar-refractivity contribution in [3.63, 3.8) is 0 Å². The van der Waals surface area contributed by atoms with E-state index in [1.807, 2.05) is 30.3 Å². The van der Waals surface area contributed by atoms with Gasteiger partial charge in [-0.2, -0.15) is 0 Å². The van der Waals surface area contributed by atoms with Crippen LogP contribution in [-0.2, 0) is 0 Å². The van der Waals surface area contributed by atoms with Crippen LogP contribution < -0.4 is 10.9 Å². The van der Waals surface area contributed by atoms with Gasteiger partial charge in [-0.3, -0.25) is 9.59 Å². The summed E-state index contributed by atoms with van der Waals surface area (Å²) in [6, 6.07) is 13.2. The normalized spacial score (nSPS) is 20.9. The average Bonchev–Trinajstić information content (AvgIpc) is 2.57. The monoisotopic (exact) mass is 310 g/mol. The molecule has 1 saturated carbocycles. The number of hydrogen-bond donors (Lipinski definition) is 2. The van der Waals surface area contributed by atoms with Crippen LogP contribution in [0.1, 0.15) is 43.0 Å². The fourth-order valence-electron chi connectivity index (χ4n) is 3.22. The van der Waals surface area contributed by atoms with Gasteiger partial charge >= 0.3 is 0 Å². The lowest BCUT2D eigenvalue weighted by atomic mass is 9.86. The van der Waals surface area contributed by atoms with Gasteiger partial charge in [-0.1, -0.05) is 50.1 Å². The van der Waals surface area contributed by atoms with Crippen molar-refractivity contribution in [3.8, 4) is 11.3 Å². The number of hydrogen-bond acceptors (Lipinski definition) is 2. The number of aromatic nitrogens is 1. The number of rotatable bonds is 3. The van der Waals surface area contributed by atoms with E-state index in [9.17, 15) is 9.59 Å². The molecule has 1 amide bonds. The Morgan fingerprint density at radius 3 is 2.52 bits per heavy atom. The molecule has 2 unspecified atom stereocenters. The van der Waals surface area contributed by atoms with Crippen molar-refractivity contribution in [1.29, 1.82) is 0 Å². The second kappa shape index (κ2) is 6.82. The molecule has 4 nitrogen and oxygen atoms in total. The molecule has 0 radical (unpaired) electrons. The van der Waals surface area contributed by atoms with Gasteiger partial charge in [0.25, 0.3) is 11.5 Å². The van der Waals surface area contributed by atoms with Crippen LogP contribution in [0.4, 0.5) is 0 Å². The highest BCUT2D eigenvalue weighted by Gasteiger charge is 2.24. The minimum absolute atomic E-state index is 0.171. The van der Waals surface area contributed by atoms with Crippen LogP contribution in [0.15, 0.2) is 47.3 Å². The lowest BCUT2D eigenvalue weighted by Gasteiger charge is -2.29. The summed E-state index contributed by atoms with van der Waals surface area (Å²) in [5.74, 6) is 0.194. The largest absolute Gasteiger partial charge is 0.349 e. The van der Waals surface area contributed by atoms with E-state index in [-0.39, 0.29) is 23.1 Å². The Morgan fingerprint density at radius 2 is 1.83 bits per heavy atom. The van der Waals surface area contributed by atoms with E-state index in [4.69, 9.17) is 0 Å². The van der Waals surface area contributed by atoms with Crippen LogP contribution in [0.5, 0.6) is 0 Å². The number of carbonyl (C=O) groups is 1. The quantitative estimate of drug-likeness (QED) is 0.913. The molecule has 4 heteroatoms. The summed E-state index contributed by atoms with van der Waals surface area (Å²) in [5.41, 5.74) is 1.49. The first-order valence-electron chi connectivity index (χ1n) is 8.25. The molecule has 0 bridgehead atoms. The van der Waals surface area contributed by atoms with Gasteiger partial charge in [0, 0.05) is 11.7 Å². The summed E-state index contributed by atoms with van der Waals surface area (Å²) < 4.78 is 0. The minimum atomic E-state index is -0.340. The van der Waals surface area contributed by atoms with Gasteiger partial charge in [0.1, 0.15) is 5.56 Å². The third-order valence-corrected chi connectivity index (χ3v) is 4.67. The second-order valence-electron chi connectivity index (χ2n) is 6.32. The molecule has 1 aromatic carbocycles. The first-order chi connectivity index (χ1) is 11.1. The standard InChI is InChI=1S/C19H22N2O2/c1-13-7-5-6-10-16(13)20-18(22)15-11-12-17(21-19(15)23)14-8-3-2-4-9-14/h2-4,8-9,11-13,16H,5-7,10H2,1H3,(H,20,22)(H,21,23). The van der Waals surface area contributed by atoms with Crippen molar-refractivity contribution in [2.75, 3.05) is 0 Å². The number of carbonyl (C=O) groups excluding carboxylic acids is 1. The maximum Gasteiger partial charge on any atom is 0.261 e. The first-order valence-corrected chi connectivity index (χ1v) is 8.25. The molecule has 0 saturated heterocycles. The Kier molecular flexibility index (Phi) is 4.60. The zero-order chi connectivity index (χ0) is 16.2. The van der Waals surface area contributed by atoms with E-state index >= 15 is 0 Å². The lowest BCUT2D eigenvalue weighted by molar-refractivity contribution is 0.0909. The SMILES string of the molecule is CC1CCCCC1NC(=O)c1ccc(-c2ccccc2)[nH]c1=O. The molecule has 2 atom stereocenters. The van der Waals surface area contributed by atoms with Crippen molar-refractivity contribution in [2.45, 2.75) is 38.6 Å². The van der Waals surface area contributed by atoms with Gasteiger partial charge in [-0.15, -0.1) is 0 Å². The maximum atomic E-state index is 12.4. The highest BCUT2D eigenvalue weighted by atomic mass is 16.2. The second-order valence-corrected chi connectivity index (χ2v) is 6.32. The zero-order valence-electron chi connectivity index (χ0n) is 13.3. The van der Waals surface area contributed by atoms with Crippen molar-refractivity contribution in [1.82, 2.24) is 10.3 Å².